The fourth-order valence-corrected chi connectivity index (χ4v) is 4.14. The number of fused-ring (bicyclic) bond motifs is 1. The van der Waals surface area contributed by atoms with Crippen LogP contribution in [0, 0.1) is 6.92 Å². The summed E-state index contributed by atoms with van der Waals surface area (Å²) in [6.07, 6.45) is 0. The molecule has 0 aliphatic carbocycles. The molecule has 0 aliphatic heterocycles. The molecule has 0 saturated heterocycles. The van der Waals surface area contributed by atoms with E-state index in [1.807, 2.05) is 43.3 Å². The zero-order chi connectivity index (χ0) is 15.5. The van der Waals surface area contributed by atoms with Crippen LogP contribution >= 0.6 is 7.60 Å². The van der Waals surface area contributed by atoms with Gasteiger partial charge in [0.15, 0.2) is 0 Å². The Morgan fingerprint density at radius 1 is 1.05 bits per heavy atom. The Morgan fingerprint density at radius 2 is 1.62 bits per heavy atom. The molecule has 0 saturated carbocycles. The molecule has 0 spiro atoms. The van der Waals surface area contributed by atoms with Crippen LogP contribution < -0.4 is 5.73 Å². The molecule has 114 valence electrons. The Bertz CT molecular complexity index is 662. The normalized spacial score (nSPS) is 13.5. The van der Waals surface area contributed by atoms with Gasteiger partial charge in [-0.05, 0) is 42.7 Å². The lowest BCUT2D eigenvalue weighted by Gasteiger charge is -2.24. The third kappa shape index (κ3) is 3.19. The van der Waals surface area contributed by atoms with Gasteiger partial charge in [-0.2, -0.15) is 0 Å². The average Bonchev–Trinajstić information content (AvgIpc) is 2.48. The van der Waals surface area contributed by atoms with Crippen LogP contribution in [0.4, 0.5) is 0 Å². The number of aryl methyl sites for hydroxylation is 1. The third-order valence-electron chi connectivity index (χ3n) is 3.45. The number of hydrogen-bond donors (Lipinski definition) is 1. The summed E-state index contributed by atoms with van der Waals surface area (Å²) < 4.78 is 23.6. The van der Waals surface area contributed by atoms with E-state index in [0.717, 1.165) is 21.9 Å². The smallest absolute Gasteiger partial charge is 0.314 e. The van der Waals surface area contributed by atoms with Crippen molar-refractivity contribution in [2.75, 3.05) is 13.2 Å². The first-order valence-electron chi connectivity index (χ1n) is 7.16. The largest absolute Gasteiger partial charge is 0.351 e. The molecule has 0 radical (unpaired) electrons. The molecule has 2 rings (SSSR count). The fraction of sp³-hybridized carbons (Fsp3) is 0.375. The second kappa shape index (κ2) is 6.71. The van der Waals surface area contributed by atoms with Crippen LogP contribution in [0.5, 0.6) is 0 Å². The van der Waals surface area contributed by atoms with Crippen molar-refractivity contribution in [3.63, 3.8) is 0 Å². The maximum atomic E-state index is 12.9. The first-order chi connectivity index (χ1) is 10.0. The van der Waals surface area contributed by atoms with E-state index >= 15 is 0 Å². The van der Waals surface area contributed by atoms with Crippen LogP contribution in [0.3, 0.4) is 0 Å². The van der Waals surface area contributed by atoms with Gasteiger partial charge in [-0.25, -0.2) is 0 Å². The second-order valence-electron chi connectivity index (χ2n) is 4.84. The predicted octanol–water partition coefficient (Wildman–Crippen LogP) is 4.37. The van der Waals surface area contributed by atoms with E-state index < -0.39 is 13.4 Å². The number of benzene rings is 2. The molecule has 2 aromatic rings. The molecule has 1 atom stereocenters. The molecule has 2 N–H and O–H groups in total. The van der Waals surface area contributed by atoms with Crippen LogP contribution in [-0.4, -0.2) is 13.2 Å². The lowest BCUT2D eigenvalue weighted by molar-refractivity contribution is 0.212. The van der Waals surface area contributed by atoms with Crippen LogP contribution in [0.1, 0.15) is 30.8 Å². The molecule has 5 heteroatoms. The molecule has 0 aromatic heterocycles. The zero-order valence-corrected chi connectivity index (χ0v) is 13.6. The summed E-state index contributed by atoms with van der Waals surface area (Å²) in [5.74, 6) is -0.789. The third-order valence-corrected chi connectivity index (χ3v) is 5.65. The monoisotopic (exact) mass is 307 g/mol. The molecule has 2 aromatic carbocycles. The summed E-state index contributed by atoms with van der Waals surface area (Å²) in [4.78, 5) is 0. The molecule has 0 heterocycles. The van der Waals surface area contributed by atoms with Crippen molar-refractivity contribution in [2.45, 2.75) is 26.6 Å². The highest BCUT2D eigenvalue weighted by atomic mass is 31.2. The SMILES string of the molecule is CCOP(=O)(OCC)[C@H](N)c1ccc(C)c2ccccc12. The average molecular weight is 307 g/mol. The first-order valence-corrected chi connectivity index (χ1v) is 8.77. The van der Waals surface area contributed by atoms with Crippen LogP contribution in [-0.2, 0) is 13.6 Å². The van der Waals surface area contributed by atoms with Crippen LogP contribution in [0.15, 0.2) is 36.4 Å². The molecule has 4 nitrogen and oxygen atoms in total. The van der Waals surface area contributed by atoms with Gasteiger partial charge in [-0.15, -0.1) is 0 Å². The molecule has 0 bridgehead atoms. The van der Waals surface area contributed by atoms with Gasteiger partial charge in [-0.1, -0.05) is 36.4 Å². The summed E-state index contributed by atoms with van der Waals surface area (Å²) in [6.45, 7) is 6.21. The number of nitrogens with two attached hydrogens (primary N) is 1. The van der Waals surface area contributed by atoms with E-state index in [9.17, 15) is 4.57 Å². The van der Waals surface area contributed by atoms with E-state index in [2.05, 4.69) is 0 Å². The molecule has 21 heavy (non-hydrogen) atoms. The summed E-state index contributed by atoms with van der Waals surface area (Å²) in [5, 5.41) is 2.09. The maximum absolute atomic E-state index is 12.9. The van der Waals surface area contributed by atoms with Crippen LogP contribution in [0.25, 0.3) is 10.8 Å². The van der Waals surface area contributed by atoms with Crippen LogP contribution in [0.2, 0.25) is 0 Å². The minimum atomic E-state index is -3.37. The van der Waals surface area contributed by atoms with Gasteiger partial charge in [-0.3, -0.25) is 4.57 Å². The quantitative estimate of drug-likeness (QED) is 0.805. The molecule has 0 aliphatic rings. The van der Waals surface area contributed by atoms with E-state index in [0.29, 0.717) is 13.2 Å². The van der Waals surface area contributed by atoms with Crippen molar-refractivity contribution in [3.05, 3.63) is 47.5 Å². The van der Waals surface area contributed by atoms with Gasteiger partial charge >= 0.3 is 7.60 Å². The van der Waals surface area contributed by atoms with Crippen molar-refractivity contribution in [3.8, 4) is 0 Å². The molecular formula is C16H22NO3P. The highest BCUT2D eigenvalue weighted by molar-refractivity contribution is 7.54. The van der Waals surface area contributed by atoms with Crippen molar-refractivity contribution in [1.82, 2.24) is 0 Å². The Kier molecular flexibility index (Phi) is 5.17. The Morgan fingerprint density at radius 3 is 2.19 bits per heavy atom. The van der Waals surface area contributed by atoms with Gasteiger partial charge in [0.2, 0.25) is 0 Å². The summed E-state index contributed by atoms with van der Waals surface area (Å²) in [5.41, 5.74) is 8.20. The van der Waals surface area contributed by atoms with E-state index in [1.54, 1.807) is 13.8 Å². The van der Waals surface area contributed by atoms with Gasteiger partial charge in [0.25, 0.3) is 0 Å². The van der Waals surface area contributed by atoms with Crippen molar-refractivity contribution in [2.24, 2.45) is 5.73 Å². The van der Waals surface area contributed by atoms with Gasteiger partial charge in [0.05, 0.1) is 13.2 Å². The van der Waals surface area contributed by atoms with Gasteiger partial charge in [0, 0.05) is 0 Å². The summed E-state index contributed by atoms with van der Waals surface area (Å²) in [7, 11) is -3.37. The highest BCUT2D eigenvalue weighted by Crippen LogP contribution is 2.59. The summed E-state index contributed by atoms with van der Waals surface area (Å²) >= 11 is 0. The second-order valence-corrected chi connectivity index (χ2v) is 6.99. The Hall–Kier alpha value is -1.19. The standard InChI is InChI=1S/C16H22NO3P/c1-4-19-21(18,20-5-2)16(17)15-11-10-12(3)13-8-6-7-9-14(13)15/h6-11,16H,4-5,17H2,1-3H3/t16-/m0/s1. The molecule has 0 fully saturated rings. The molecular weight excluding hydrogens is 285 g/mol. The topological polar surface area (TPSA) is 61.5 Å². The Labute approximate surface area is 125 Å². The highest BCUT2D eigenvalue weighted by Gasteiger charge is 2.34. The predicted molar refractivity (Wildman–Crippen MR) is 86.5 cm³/mol. The minimum absolute atomic E-state index is 0.300. The summed E-state index contributed by atoms with van der Waals surface area (Å²) in [6, 6.07) is 11.8. The molecule has 0 unspecified atom stereocenters. The minimum Gasteiger partial charge on any atom is -0.314 e. The van der Waals surface area contributed by atoms with E-state index in [1.165, 1.54) is 0 Å². The number of hydrogen-bond acceptors (Lipinski definition) is 4. The van der Waals surface area contributed by atoms with E-state index in [-0.39, 0.29) is 0 Å². The zero-order valence-electron chi connectivity index (χ0n) is 12.7. The molecule has 0 amide bonds. The maximum Gasteiger partial charge on any atom is 0.351 e. The lowest BCUT2D eigenvalue weighted by atomic mass is 10.0. The van der Waals surface area contributed by atoms with Crippen molar-refractivity contribution in [1.29, 1.82) is 0 Å². The van der Waals surface area contributed by atoms with Crippen molar-refractivity contribution < 1.29 is 13.6 Å². The fourth-order valence-electron chi connectivity index (χ4n) is 2.46. The van der Waals surface area contributed by atoms with E-state index in [4.69, 9.17) is 14.8 Å². The number of rotatable bonds is 6. The Balaban J connectivity index is 2.55. The van der Waals surface area contributed by atoms with Gasteiger partial charge < -0.3 is 14.8 Å². The lowest BCUT2D eigenvalue weighted by Crippen LogP contribution is -2.15. The van der Waals surface area contributed by atoms with Crippen molar-refractivity contribution >= 4 is 18.4 Å². The first kappa shape index (κ1) is 16.2. The van der Waals surface area contributed by atoms with Gasteiger partial charge in [0.1, 0.15) is 5.78 Å².